The van der Waals surface area contributed by atoms with Crippen LogP contribution in [0.2, 0.25) is 0 Å². The van der Waals surface area contributed by atoms with Crippen LogP contribution in [0.25, 0.3) is 5.69 Å². The Hall–Kier alpha value is -2.90. The first-order chi connectivity index (χ1) is 8.99. The predicted molar refractivity (Wildman–Crippen MR) is 68.5 cm³/mol. The standard InChI is InChI=1S/C11H12FN5O2/c12-6-1-3-7(4-2-6)17-9(18)5-8(10(17)19)15-16-11(13)14/h1-5,15,18-19H,(H4,13,14,16). The fourth-order valence-corrected chi connectivity index (χ4v) is 1.54. The third kappa shape index (κ3) is 2.51. The Labute approximate surface area is 107 Å². The molecule has 0 aliphatic heterocycles. The fourth-order valence-electron chi connectivity index (χ4n) is 1.54. The third-order valence-corrected chi connectivity index (χ3v) is 2.35. The van der Waals surface area contributed by atoms with E-state index < -0.39 is 5.82 Å². The molecule has 0 radical (unpaired) electrons. The molecule has 0 fully saturated rings. The van der Waals surface area contributed by atoms with Crippen molar-refractivity contribution in [1.82, 2.24) is 4.57 Å². The van der Waals surface area contributed by atoms with E-state index in [1.807, 2.05) is 0 Å². The van der Waals surface area contributed by atoms with Gasteiger partial charge in [-0.15, -0.1) is 5.10 Å². The average Bonchev–Trinajstić information content (AvgIpc) is 2.63. The molecule has 0 aliphatic carbocycles. The number of nitrogens with one attached hydrogen (secondary N) is 1. The van der Waals surface area contributed by atoms with E-state index in [2.05, 4.69) is 10.5 Å². The van der Waals surface area contributed by atoms with Crippen molar-refractivity contribution in [3.63, 3.8) is 0 Å². The number of rotatable bonds is 3. The van der Waals surface area contributed by atoms with Gasteiger partial charge in [0, 0.05) is 6.07 Å². The maximum absolute atomic E-state index is 12.8. The van der Waals surface area contributed by atoms with Crippen molar-refractivity contribution in [2.75, 3.05) is 5.43 Å². The number of aromatic nitrogens is 1. The normalized spacial score (nSPS) is 10.2. The van der Waals surface area contributed by atoms with Crippen molar-refractivity contribution in [3.8, 4) is 17.4 Å². The second-order valence-electron chi connectivity index (χ2n) is 3.70. The minimum absolute atomic E-state index is 0.107. The molecule has 0 spiro atoms. The summed E-state index contributed by atoms with van der Waals surface area (Å²) in [5.41, 5.74) is 13.1. The van der Waals surface area contributed by atoms with Gasteiger partial charge < -0.3 is 21.7 Å². The van der Waals surface area contributed by atoms with Crippen LogP contribution in [0.3, 0.4) is 0 Å². The van der Waals surface area contributed by atoms with E-state index in [0.29, 0.717) is 5.69 Å². The van der Waals surface area contributed by atoms with E-state index in [1.54, 1.807) is 0 Å². The first-order valence-corrected chi connectivity index (χ1v) is 5.23. The van der Waals surface area contributed by atoms with Crippen LogP contribution in [0.4, 0.5) is 10.1 Å². The lowest BCUT2D eigenvalue weighted by molar-refractivity contribution is 0.403. The van der Waals surface area contributed by atoms with Crippen molar-refractivity contribution >= 4 is 11.6 Å². The summed E-state index contributed by atoms with van der Waals surface area (Å²) in [5, 5.41) is 23.2. The maximum atomic E-state index is 12.8. The number of aromatic hydroxyl groups is 2. The summed E-state index contributed by atoms with van der Waals surface area (Å²) in [7, 11) is 0. The lowest BCUT2D eigenvalue weighted by Gasteiger charge is -2.06. The van der Waals surface area contributed by atoms with Crippen LogP contribution in [0, 0.1) is 5.82 Å². The molecule has 0 amide bonds. The molecule has 0 saturated heterocycles. The molecule has 8 heteroatoms. The Kier molecular flexibility index (Phi) is 3.15. The minimum atomic E-state index is -0.422. The summed E-state index contributed by atoms with van der Waals surface area (Å²) in [5.74, 6) is -1.21. The van der Waals surface area contributed by atoms with Gasteiger partial charge in [0.05, 0.1) is 5.69 Å². The fraction of sp³-hybridized carbons (Fsp3) is 0. The quantitative estimate of drug-likeness (QED) is 0.316. The van der Waals surface area contributed by atoms with Crippen molar-refractivity contribution in [2.24, 2.45) is 16.6 Å². The lowest BCUT2D eigenvalue weighted by atomic mass is 10.3. The third-order valence-electron chi connectivity index (χ3n) is 2.35. The zero-order chi connectivity index (χ0) is 14.0. The van der Waals surface area contributed by atoms with Crippen LogP contribution in [-0.4, -0.2) is 20.7 Å². The highest BCUT2D eigenvalue weighted by Gasteiger charge is 2.15. The summed E-state index contributed by atoms with van der Waals surface area (Å²) in [6.07, 6.45) is 0. The molecule has 1 aromatic carbocycles. The van der Waals surface area contributed by atoms with Crippen molar-refractivity contribution in [3.05, 3.63) is 36.1 Å². The molecule has 0 bridgehead atoms. The molecule has 19 heavy (non-hydrogen) atoms. The van der Waals surface area contributed by atoms with Crippen molar-refractivity contribution < 1.29 is 14.6 Å². The second-order valence-corrected chi connectivity index (χ2v) is 3.70. The van der Waals surface area contributed by atoms with Crippen LogP contribution in [0.5, 0.6) is 11.8 Å². The first-order valence-electron chi connectivity index (χ1n) is 5.23. The molecule has 0 unspecified atom stereocenters. The van der Waals surface area contributed by atoms with Gasteiger partial charge in [0.15, 0.2) is 0 Å². The summed E-state index contributed by atoms with van der Waals surface area (Å²) in [6, 6.07) is 6.44. The summed E-state index contributed by atoms with van der Waals surface area (Å²) < 4.78 is 13.9. The zero-order valence-corrected chi connectivity index (χ0v) is 9.71. The van der Waals surface area contributed by atoms with Gasteiger partial charge in [0.2, 0.25) is 17.7 Å². The van der Waals surface area contributed by atoms with E-state index in [-0.39, 0.29) is 23.4 Å². The number of halogens is 1. The van der Waals surface area contributed by atoms with Gasteiger partial charge in [0.25, 0.3) is 0 Å². The van der Waals surface area contributed by atoms with Crippen LogP contribution in [0.15, 0.2) is 35.4 Å². The van der Waals surface area contributed by atoms with Crippen LogP contribution in [0.1, 0.15) is 0 Å². The lowest BCUT2D eigenvalue weighted by Crippen LogP contribution is -2.23. The Bertz CT molecular complexity index is 617. The highest BCUT2D eigenvalue weighted by molar-refractivity contribution is 5.77. The SMILES string of the molecule is NC(N)=NNc1cc(O)n(-c2ccc(F)cc2)c1O. The number of guanidine groups is 1. The number of anilines is 1. The minimum Gasteiger partial charge on any atom is -0.494 e. The first kappa shape index (κ1) is 12.6. The smallest absolute Gasteiger partial charge is 0.224 e. The largest absolute Gasteiger partial charge is 0.494 e. The van der Waals surface area contributed by atoms with E-state index >= 15 is 0 Å². The van der Waals surface area contributed by atoms with Gasteiger partial charge in [0.1, 0.15) is 11.5 Å². The van der Waals surface area contributed by atoms with Crippen LogP contribution < -0.4 is 16.9 Å². The topological polar surface area (TPSA) is 122 Å². The highest BCUT2D eigenvalue weighted by Crippen LogP contribution is 2.35. The van der Waals surface area contributed by atoms with E-state index in [4.69, 9.17) is 11.5 Å². The molecule has 2 rings (SSSR count). The summed E-state index contributed by atoms with van der Waals surface area (Å²) in [6.45, 7) is 0. The van der Waals surface area contributed by atoms with Crippen molar-refractivity contribution in [2.45, 2.75) is 0 Å². The number of benzene rings is 1. The molecular weight excluding hydrogens is 253 g/mol. The van der Waals surface area contributed by atoms with Gasteiger partial charge in [-0.3, -0.25) is 5.43 Å². The van der Waals surface area contributed by atoms with Gasteiger partial charge in [-0.1, -0.05) is 0 Å². The van der Waals surface area contributed by atoms with E-state index in [9.17, 15) is 14.6 Å². The molecule has 7 N–H and O–H groups in total. The molecule has 100 valence electrons. The molecule has 0 saturated carbocycles. The molecular formula is C11H12FN5O2. The number of hydrazone groups is 1. The van der Waals surface area contributed by atoms with Gasteiger partial charge >= 0.3 is 0 Å². The van der Waals surface area contributed by atoms with Crippen LogP contribution >= 0.6 is 0 Å². The summed E-state index contributed by atoms with van der Waals surface area (Å²) in [4.78, 5) is 0. The Balaban J connectivity index is 2.41. The Morgan fingerprint density at radius 2 is 1.84 bits per heavy atom. The van der Waals surface area contributed by atoms with Gasteiger partial charge in [-0.25, -0.2) is 8.96 Å². The molecule has 1 heterocycles. The van der Waals surface area contributed by atoms with E-state index in [1.165, 1.54) is 30.3 Å². The number of hydrogen-bond donors (Lipinski definition) is 5. The number of hydrogen-bond acceptors (Lipinski definition) is 4. The zero-order valence-electron chi connectivity index (χ0n) is 9.71. The average molecular weight is 265 g/mol. The Morgan fingerprint density at radius 3 is 2.42 bits per heavy atom. The molecule has 2 aromatic rings. The summed E-state index contributed by atoms with van der Waals surface area (Å²) >= 11 is 0. The number of nitrogens with two attached hydrogens (primary N) is 2. The van der Waals surface area contributed by atoms with Crippen LogP contribution in [-0.2, 0) is 0 Å². The second kappa shape index (κ2) is 4.77. The van der Waals surface area contributed by atoms with Gasteiger partial charge in [-0.05, 0) is 24.3 Å². The maximum Gasteiger partial charge on any atom is 0.224 e. The molecule has 7 nitrogen and oxygen atoms in total. The van der Waals surface area contributed by atoms with Crippen molar-refractivity contribution in [1.29, 1.82) is 0 Å². The molecule has 0 aliphatic rings. The Morgan fingerprint density at radius 1 is 1.21 bits per heavy atom. The predicted octanol–water partition coefficient (Wildman–Crippen LogP) is 0.628. The monoisotopic (exact) mass is 265 g/mol. The van der Waals surface area contributed by atoms with Gasteiger partial charge in [-0.2, -0.15) is 0 Å². The molecule has 0 atom stereocenters. The highest BCUT2D eigenvalue weighted by atomic mass is 19.1. The van der Waals surface area contributed by atoms with E-state index in [0.717, 1.165) is 4.57 Å². The molecule has 1 aromatic heterocycles. The number of nitrogens with zero attached hydrogens (tertiary/aromatic N) is 2.